The van der Waals surface area contributed by atoms with Gasteiger partial charge in [-0.3, -0.25) is 0 Å². The standard InChI is InChI=1S/C42H35NO2/c1-5-14-38-39(26(3)28-18-13-19-32-31-17-7-10-20-34(31)41(4,44)40(28)32)33-25-27(23-24-37(33)43(38)6-2)42(45)35-21-11-8-15-29(35)30-16-9-12-22-36(30)42/h5,7-25,44-45H,3,6H2,1-2,4H3/b14-5-. The molecular weight excluding hydrogens is 550 g/mol. The van der Waals surface area contributed by atoms with Crippen molar-refractivity contribution in [1.82, 2.24) is 4.57 Å². The number of rotatable bonds is 5. The number of nitrogens with zero attached hydrogens (tertiary/aromatic N) is 1. The van der Waals surface area contributed by atoms with E-state index in [9.17, 15) is 10.2 Å². The van der Waals surface area contributed by atoms with Crippen LogP contribution >= 0.6 is 0 Å². The topological polar surface area (TPSA) is 45.4 Å². The van der Waals surface area contributed by atoms with E-state index in [1.807, 2.05) is 68.4 Å². The van der Waals surface area contributed by atoms with Crippen LogP contribution in [0.15, 0.2) is 122 Å². The van der Waals surface area contributed by atoms with Crippen LogP contribution in [-0.4, -0.2) is 14.8 Å². The fraction of sp³-hybridized carbons (Fsp3) is 0.143. The first-order chi connectivity index (χ1) is 21.8. The highest BCUT2D eigenvalue weighted by molar-refractivity contribution is 6.03. The van der Waals surface area contributed by atoms with Gasteiger partial charge in [-0.15, -0.1) is 0 Å². The molecule has 220 valence electrons. The molecule has 0 spiro atoms. The van der Waals surface area contributed by atoms with Gasteiger partial charge >= 0.3 is 0 Å². The molecule has 3 heteroatoms. The van der Waals surface area contributed by atoms with Crippen molar-refractivity contribution in [2.75, 3.05) is 0 Å². The molecule has 2 aliphatic carbocycles. The maximum atomic E-state index is 12.7. The number of hydrogen-bond acceptors (Lipinski definition) is 2. The Morgan fingerprint density at radius 2 is 1.33 bits per heavy atom. The van der Waals surface area contributed by atoms with Crippen LogP contribution in [0, 0.1) is 0 Å². The Kier molecular flexibility index (Phi) is 5.99. The van der Waals surface area contributed by atoms with Crippen molar-refractivity contribution in [3.05, 3.63) is 166 Å². The summed E-state index contributed by atoms with van der Waals surface area (Å²) < 4.78 is 2.32. The fourth-order valence-electron chi connectivity index (χ4n) is 8.08. The molecule has 0 aliphatic heterocycles. The number of hydrogen-bond donors (Lipinski definition) is 2. The molecule has 1 atom stereocenters. The molecular formula is C42H35NO2. The highest BCUT2D eigenvalue weighted by atomic mass is 16.3. The van der Waals surface area contributed by atoms with Crippen molar-refractivity contribution >= 4 is 22.6 Å². The van der Waals surface area contributed by atoms with E-state index in [0.717, 1.165) is 89.9 Å². The van der Waals surface area contributed by atoms with Gasteiger partial charge in [0.25, 0.3) is 0 Å². The van der Waals surface area contributed by atoms with Crippen molar-refractivity contribution in [1.29, 1.82) is 0 Å². The lowest BCUT2D eigenvalue weighted by molar-refractivity contribution is 0.107. The first-order valence-electron chi connectivity index (χ1n) is 15.7. The predicted octanol–water partition coefficient (Wildman–Crippen LogP) is 9.26. The van der Waals surface area contributed by atoms with Gasteiger partial charge < -0.3 is 14.8 Å². The van der Waals surface area contributed by atoms with E-state index in [1.54, 1.807) is 0 Å². The van der Waals surface area contributed by atoms with E-state index in [-0.39, 0.29) is 0 Å². The quantitative estimate of drug-likeness (QED) is 0.212. The maximum absolute atomic E-state index is 12.7. The SMILES string of the molecule is C=C(c1cccc2c1C(C)(O)c1ccccc1-2)c1c(/C=C\C)n(CC)c2ccc(C3(O)c4ccccc4-c4ccccc43)cc12. The zero-order valence-electron chi connectivity index (χ0n) is 25.8. The van der Waals surface area contributed by atoms with E-state index >= 15 is 0 Å². The molecule has 0 fully saturated rings. The van der Waals surface area contributed by atoms with Crippen molar-refractivity contribution in [2.24, 2.45) is 0 Å². The highest BCUT2D eigenvalue weighted by Crippen LogP contribution is 2.53. The second-order valence-electron chi connectivity index (χ2n) is 12.4. The predicted molar refractivity (Wildman–Crippen MR) is 185 cm³/mol. The lowest BCUT2D eigenvalue weighted by atomic mass is 9.82. The summed E-state index contributed by atoms with van der Waals surface area (Å²) in [4.78, 5) is 0. The Balaban J connectivity index is 1.40. The van der Waals surface area contributed by atoms with Crippen LogP contribution in [0.2, 0.25) is 0 Å². The van der Waals surface area contributed by atoms with Crippen LogP contribution in [0.5, 0.6) is 0 Å². The minimum atomic E-state index is -1.30. The first kappa shape index (κ1) is 27.6. The normalized spacial score (nSPS) is 17.4. The molecule has 0 bridgehead atoms. The molecule has 0 saturated carbocycles. The number of allylic oxidation sites excluding steroid dienone is 1. The smallest absolute Gasteiger partial charge is 0.141 e. The van der Waals surface area contributed by atoms with E-state index in [4.69, 9.17) is 6.58 Å². The fourth-order valence-corrected chi connectivity index (χ4v) is 8.08. The lowest BCUT2D eigenvalue weighted by Gasteiger charge is -2.27. The lowest BCUT2D eigenvalue weighted by Crippen LogP contribution is -2.26. The average molecular weight is 586 g/mol. The van der Waals surface area contributed by atoms with E-state index in [2.05, 4.69) is 78.2 Å². The average Bonchev–Trinajstić information content (AvgIpc) is 3.62. The molecule has 0 saturated heterocycles. The molecule has 0 amide bonds. The van der Waals surface area contributed by atoms with Gasteiger partial charge in [0.1, 0.15) is 11.2 Å². The van der Waals surface area contributed by atoms with Gasteiger partial charge in [0.2, 0.25) is 0 Å². The Labute approximate surface area is 264 Å². The van der Waals surface area contributed by atoms with Gasteiger partial charge in [-0.1, -0.05) is 110 Å². The number of benzene rings is 5. The monoisotopic (exact) mass is 585 g/mol. The van der Waals surface area contributed by atoms with E-state index < -0.39 is 11.2 Å². The number of aryl methyl sites for hydroxylation is 1. The summed E-state index contributed by atoms with van der Waals surface area (Å²) in [6.07, 6.45) is 4.21. The van der Waals surface area contributed by atoms with Gasteiger partial charge in [0.15, 0.2) is 0 Å². The van der Waals surface area contributed by atoms with Crippen LogP contribution in [0.3, 0.4) is 0 Å². The molecule has 3 nitrogen and oxygen atoms in total. The Hall–Kier alpha value is -4.96. The molecule has 45 heavy (non-hydrogen) atoms. The second kappa shape index (κ2) is 9.77. The van der Waals surface area contributed by atoms with Gasteiger partial charge in [0.05, 0.1) is 0 Å². The second-order valence-corrected chi connectivity index (χ2v) is 12.4. The summed E-state index contributed by atoms with van der Waals surface area (Å²) in [5.41, 5.74) is 11.1. The third-order valence-corrected chi connectivity index (χ3v) is 10.0. The largest absolute Gasteiger partial charge is 0.381 e. The van der Waals surface area contributed by atoms with Crippen LogP contribution in [0.1, 0.15) is 65.4 Å². The minimum absolute atomic E-state index is 0.773. The number of aliphatic hydroxyl groups is 2. The molecule has 8 rings (SSSR count). The summed E-state index contributed by atoms with van der Waals surface area (Å²) in [5, 5.41) is 25.8. The highest BCUT2D eigenvalue weighted by Gasteiger charge is 2.44. The summed E-state index contributed by atoms with van der Waals surface area (Å²) in [6.45, 7) is 11.6. The third-order valence-electron chi connectivity index (χ3n) is 10.0. The van der Waals surface area contributed by atoms with Crippen LogP contribution in [0.4, 0.5) is 0 Å². The molecule has 1 heterocycles. The summed E-state index contributed by atoms with van der Waals surface area (Å²) in [5.74, 6) is 0. The zero-order valence-corrected chi connectivity index (χ0v) is 25.8. The van der Waals surface area contributed by atoms with E-state index in [0.29, 0.717) is 0 Å². The molecule has 0 radical (unpaired) electrons. The van der Waals surface area contributed by atoms with Crippen molar-refractivity contribution < 1.29 is 10.2 Å². The molecule has 5 aromatic carbocycles. The molecule has 2 N–H and O–H groups in total. The van der Waals surface area contributed by atoms with Crippen LogP contribution < -0.4 is 0 Å². The van der Waals surface area contributed by atoms with Gasteiger partial charge in [-0.05, 0) is 83.5 Å². The van der Waals surface area contributed by atoms with Gasteiger partial charge in [-0.25, -0.2) is 0 Å². The summed E-state index contributed by atoms with van der Waals surface area (Å²) in [6, 6.07) is 37.0. The molecule has 1 unspecified atom stereocenters. The molecule has 2 aliphatic rings. The minimum Gasteiger partial charge on any atom is -0.381 e. The molecule has 1 aromatic heterocycles. The van der Waals surface area contributed by atoms with Gasteiger partial charge in [-0.2, -0.15) is 0 Å². The molecule has 6 aromatic rings. The Bertz CT molecular complexity index is 2180. The van der Waals surface area contributed by atoms with Crippen LogP contribution in [0.25, 0.3) is 44.8 Å². The Morgan fingerprint density at radius 1 is 0.756 bits per heavy atom. The van der Waals surface area contributed by atoms with Crippen molar-refractivity contribution in [3.8, 4) is 22.3 Å². The Morgan fingerprint density at radius 3 is 1.96 bits per heavy atom. The summed E-state index contributed by atoms with van der Waals surface area (Å²) in [7, 11) is 0. The summed E-state index contributed by atoms with van der Waals surface area (Å²) >= 11 is 0. The van der Waals surface area contributed by atoms with Gasteiger partial charge in [0, 0.05) is 45.4 Å². The maximum Gasteiger partial charge on any atom is 0.141 e. The number of aromatic nitrogens is 1. The zero-order chi connectivity index (χ0) is 31.1. The first-order valence-corrected chi connectivity index (χ1v) is 15.7. The van der Waals surface area contributed by atoms with E-state index in [1.165, 1.54) is 0 Å². The number of fused-ring (bicyclic) bond motifs is 7. The van der Waals surface area contributed by atoms with Crippen molar-refractivity contribution in [2.45, 2.75) is 38.5 Å². The van der Waals surface area contributed by atoms with Crippen LogP contribution in [-0.2, 0) is 17.7 Å². The van der Waals surface area contributed by atoms with Crippen molar-refractivity contribution in [3.63, 3.8) is 0 Å². The third kappa shape index (κ3) is 3.60.